The molecule has 0 saturated carbocycles. The van der Waals surface area contributed by atoms with Crippen LogP contribution in [0.2, 0.25) is 0 Å². The second kappa shape index (κ2) is 6.64. The lowest BCUT2D eigenvalue weighted by atomic mass is 9.96. The molecule has 6 nitrogen and oxygen atoms in total. The Morgan fingerprint density at radius 2 is 2.22 bits per heavy atom. The quantitative estimate of drug-likeness (QED) is 0.332. The van der Waals surface area contributed by atoms with Crippen LogP contribution in [0, 0.1) is 11.8 Å². The number of carboxylic acids is 1. The first-order chi connectivity index (χ1) is 8.60. The molecule has 2 atom stereocenters. The van der Waals surface area contributed by atoms with Gasteiger partial charge >= 0.3 is 11.9 Å². The molecule has 1 aliphatic heterocycles. The number of nitrogens with zero attached hydrogens (tertiary/aromatic N) is 1. The lowest BCUT2D eigenvalue weighted by molar-refractivity contribution is -0.149. The number of amides is 1. The molecule has 1 heterocycles. The molecule has 0 aromatic rings. The van der Waals surface area contributed by atoms with E-state index in [1.165, 1.54) is 0 Å². The van der Waals surface area contributed by atoms with E-state index in [0.717, 1.165) is 4.90 Å². The minimum absolute atomic E-state index is 0.229. The molecule has 1 N–H and O–H groups in total. The van der Waals surface area contributed by atoms with Crippen molar-refractivity contribution in [2.75, 3.05) is 6.61 Å². The van der Waals surface area contributed by atoms with Gasteiger partial charge in [0.1, 0.15) is 6.04 Å². The molecular weight excluding hydrogens is 238 g/mol. The van der Waals surface area contributed by atoms with Crippen LogP contribution in [0.25, 0.3) is 0 Å². The van der Waals surface area contributed by atoms with Gasteiger partial charge in [0.2, 0.25) is 6.41 Å². The first-order valence-electron chi connectivity index (χ1n) is 5.74. The van der Waals surface area contributed by atoms with Crippen LogP contribution in [0.3, 0.4) is 0 Å². The lowest BCUT2D eigenvalue weighted by Crippen LogP contribution is -2.49. The molecule has 2 unspecified atom stereocenters. The van der Waals surface area contributed by atoms with Crippen LogP contribution in [-0.4, -0.2) is 47.0 Å². The van der Waals surface area contributed by atoms with Crippen LogP contribution < -0.4 is 0 Å². The fourth-order valence-corrected chi connectivity index (χ4v) is 1.87. The highest BCUT2D eigenvalue weighted by atomic mass is 16.5. The maximum Gasteiger partial charge on any atom is 0.384 e. The van der Waals surface area contributed by atoms with E-state index in [2.05, 4.69) is 16.6 Å². The van der Waals surface area contributed by atoms with Crippen LogP contribution in [0.5, 0.6) is 0 Å². The zero-order valence-electron chi connectivity index (χ0n) is 10.1. The SMILES string of the molecule is CCOC(=O)C#CC1CCCC(C(=O)O)N1C=O. The van der Waals surface area contributed by atoms with Crippen LogP contribution >= 0.6 is 0 Å². The first-order valence-corrected chi connectivity index (χ1v) is 5.74. The average Bonchev–Trinajstić information content (AvgIpc) is 2.36. The Hall–Kier alpha value is -2.03. The fourth-order valence-electron chi connectivity index (χ4n) is 1.87. The normalized spacial score (nSPS) is 22.6. The third kappa shape index (κ3) is 3.48. The van der Waals surface area contributed by atoms with Crippen molar-refractivity contribution in [1.82, 2.24) is 4.90 Å². The van der Waals surface area contributed by atoms with Crippen molar-refractivity contribution in [3.8, 4) is 11.8 Å². The topological polar surface area (TPSA) is 83.9 Å². The first kappa shape index (κ1) is 14.0. The number of aliphatic carboxylic acids is 1. The van der Waals surface area contributed by atoms with Gasteiger partial charge in [-0.2, -0.15) is 0 Å². The smallest absolute Gasteiger partial charge is 0.384 e. The summed E-state index contributed by atoms with van der Waals surface area (Å²) in [6.07, 6.45) is 2.10. The van der Waals surface area contributed by atoms with Gasteiger partial charge < -0.3 is 14.7 Å². The molecule has 18 heavy (non-hydrogen) atoms. The summed E-state index contributed by atoms with van der Waals surface area (Å²) >= 11 is 0. The standard InChI is InChI=1S/C12H15NO5/c1-2-18-11(15)7-6-9-4-3-5-10(12(16)17)13(9)8-14/h8-10H,2-5H2,1H3,(H,16,17). The molecule has 98 valence electrons. The van der Waals surface area contributed by atoms with Gasteiger partial charge in [-0.3, -0.25) is 4.79 Å². The summed E-state index contributed by atoms with van der Waals surface area (Å²) in [5.74, 6) is 3.15. The highest BCUT2D eigenvalue weighted by molar-refractivity contribution is 5.88. The third-order valence-corrected chi connectivity index (χ3v) is 2.70. The van der Waals surface area contributed by atoms with Gasteiger partial charge in [0.25, 0.3) is 0 Å². The van der Waals surface area contributed by atoms with E-state index in [0.29, 0.717) is 25.7 Å². The summed E-state index contributed by atoms with van der Waals surface area (Å²) in [7, 11) is 0. The van der Waals surface area contributed by atoms with Crippen molar-refractivity contribution >= 4 is 18.3 Å². The maximum absolute atomic E-state index is 11.1. The molecule has 0 aliphatic carbocycles. The van der Waals surface area contributed by atoms with E-state index in [1.807, 2.05) is 0 Å². The summed E-state index contributed by atoms with van der Waals surface area (Å²) < 4.78 is 4.64. The van der Waals surface area contributed by atoms with Crippen molar-refractivity contribution in [1.29, 1.82) is 0 Å². The van der Waals surface area contributed by atoms with E-state index < -0.39 is 24.0 Å². The van der Waals surface area contributed by atoms with Crippen molar-refractivity contribution in [2.24, 2.45) is 0 Å². The number of carbonyl (C=O) groups excluding carboxylic acids is 2. The molecule has 1 saturated heterocycles. The number of hydrogen-bond donors (Lipinski definition) is 1. The molecular formula is C12H15NO5. The Bertz CT molecular complexity index is 395. The van der Waals surface area contributed by atoms with Gasteiger partial charge in [0.05, 0.1) is 12.6 Å². The van der Waals surface area contributed by atoms with E-state index in [4.69, 9.17) is 5.11 Å². The highest BCUT2D eigenvalue weighted by Gasteiger charge is 2.33. The van der Waals surface area contributed by atoms with Gasteiger partial charge in [-0.25, -0.2) is 9.59 Å². The predicted molar refractivity (Wildman–Crippen MR) is 61.4 cm³/mol. The fraction of sp³-hybridized carbons (Fsp3) is 0.583. The zero-order chi connectivity index (χ0) is 13.5. The Morgan fingerprint density at radius 3 is 2.78 bits per heavy atom. The van der Waals surface area contributed by atoms with E-state index >= 15 is 0 Å². The third-order valence-electron chi connectivity index (χ3n) is 2.70. The number of esters is 1. The predicted octanol–water partition coefficient (Wildman–Crippen LogP) is 0.0170. The van der Waals surface area contributed by atoms with E-state index in [9.17, 15) is 14.4 Å². The van der Waals surface area contributed by atoms with Crippen molar-refractivity contribution < 1.29 is 24.2 Å². The summed E-state index contributed by atoms with van der Waals surface area (Å²) in [6.45, 7) is 1.89. The van der Waals surface area contributed by atoms with Gasteiger partial charge in [-0.1, -0.05) is 5.92 Å². The van der Waals surface area contributed by atoms with Crippen molar-refractivity contribution in [2.45, 2.75) is 38.3 Å². The minimum atomic E-state index is -1.05. The van der Waals surface area contributed by atoms with Gasteiger partial charge in [0, 0.05) is 5.92 Å². The Balaban J connectivity index is 2.77. The molecule has 1 aliphatic rings. The average molecular weight is 253 g/mol. The zero-order valence-corrected chi connectivity index (χ0v) is 10.1. The van der Waals surface area contributed by atoms with Crippen molar-refractivity contribution in [3.05, 3.63) is 0 Å². The summed E-state index contributed by atoms with van der Waals surface area (Å²) in [4.78, 5) is 34.1. The highest BCUT2D eigenvalue weighted by Crippen LogP contribution is 2.21. The number of ether oxygens (including phenoxy) is 1. The van der Waals surface area contributed by atoms with Gasteiger partial charge in [-0.05, 0) is 26.2 Å². The number of carbonyl (C=O) groups is 3. The maximum atomic E-state index is 11.1. The Kier molecular flexibility index (Phi) is 5.18. The van der Waals surface area contributed by atoms with E-state index in [1.54, 1.807) is 6.92 Å². The minimum Gasteiger partial charge on any atom is -0.480 e. The largest absolute Gasteiger partial charge is 0.480 e. The monoisotopic (exact) mass is 253 g/mol. The van der Waals surface area contributed by atoms with Crippen LogP contribution in [0.1, 0.15) is 26.2 Å². The number of hydrogen-bond acceptors (Lipinski definition) is 4. The molecule has 0 spiro atoms. The number of piperidine rings is 1. The van der Waals surface area contributed by atoms with Crippen LogP contribution in [0.15, 0.2) is 0 Å². The van der Waals surface area contributed by atoms with Crippen LogP contribution in [0.4, 0.5) is 0 Å². The molecule has 1 fully saturated rings. The summed E-state index contributed by atoms with van der Waals surface area (Å²) in [5, 5.41) is 8.98. The molecule has 0 aromatic carbocycles. The Morgan fingerprint density at radius 1 is 1.50 bits per heavy atom. The number of carboxylic acid groups (broad SMARTS) is 1. The molecule has 6 heteroatoms. The molecule has 1 rings (SSSR count). The van der Waals surface area contributed by atoms with Crippen molar-refractivity contribution in [3.63, 3.8) is 0 Å². The molecule has 0 bridgehead atoms. The lowest BCUT2D eigenvalue weighted by Gasteiger charge is -2.34. The number of rotatable bonds is 3. The summed E-state index contributed by atoms with van der Waals surface area (Å²) in [6, 6.07) is -1.40. The van der Waals surface area contributed by atoms with Crippen LogP contribution in [-0.2, 0) is 19.1 Å². The van der Waals surface area contributed by atoms with Gasteiger partial charge in [0.15, 0.2) is 0 Å². The summed E-state index contributed by atoms with van der Waals surface area (Å²) in [5.41, 5.74) is 0. The van der Waals surface area contributed by atoms with E-state index in [-0.39, 0.29) is 6.61 Å². The second-order valence-corrected chi connectivity index (χ2v) is 3.84. The number of likely N-dealkylation sites (tertiary alicyclic amines) is 1. The Labute approximate surface area is 105 Å². The molecule has 0 aromatic heterocycles. The molecule has 0 radical (unpaired) electrons. The second-order valence-electron chi connectivity index (χ2n) is 3.84. The molecule has 1 amide bonds. The van der Waals surface area contributed by atoms with Gasteiger partial charge in [-0.15, -0.1) is 0 Å².